The minimum absolute atomic E-state index is 0.225. The number of β-amino-alcohol motifs (C(OH)–C–C–N with tert-alkyl or cyclic N) is 1. The number of amides is 2. The molecule has 1 N–H and O–H groups in total. The fraction of sp³-hybridized carbons (Fsp3) is 0.500. The number of aliphatic hydroxyl groups is 1. The van der Waals surface area contributed by atoms with Gasteiger partial charge in [-0.1, -0.05) is 37.3 Å². The minimum atomic E-state index is -0.785. The van der Waals surface area contributed by atoms with Crippen LogP contribution in [0.3, 0.4) is 0 Å². The Kier molecular flexibility index (Phi) is 3.99. The van der Waals surface area contributed by atoms with E-state index < -0.39 is 18.1 Å². The molecule has 0 aliphatic carbocycles. The Morgan fingerprint density at radius 2 is 1.91 bits per heavy atom. The average molecular weight is 304 g/mol. The van der Waals surface area contributed by atoms with E-state index in [-0.39, 0.29) is 24.4 Å². The molecule has 118 valence electrons. The third kappa shape index (κ3) is 2.33. The van der Waals surface area contributed by atoms with Gasteiger partial charge in [-0.05, 0) is 12.0 Å². The molecule has 0 saturated carbocycles. The highest BCUT2D eigenvalue weighted by molar-refractivity contribution is 6.07. The van der Waals surface area contributed by atoms with Crippen LogP contribution in [0.2, 0.25) is 0 Å². The van der Waals surface area contributed by atoms with Crippen molar-refractivity contribution in [2.75, 3.05) is 13.6 Å². The Morgan fingerprint density at radius 3 is 2.55 bits per heavy atom. The van der Waals surface area contributed by atoms with E-state index in [2.05, 4.69) is 0 Å². The van der Waals surface area contributed by atoms with Crippen molar-refractivity contribution in [1.29, 1.82) is 0 Å². The number of benzene rings is 1. The number of nitrogens with zero attached hydrogens (tertiary/aromatic N) is 2. The molecule has 6 nitrogen and oxygen atoms in total. The van der Waals surface area contributed by atoms with Crippen LogP contribution in [0.5, 0.6) is 0 Å². The van der Waals surface area contributed by atoms with E-state index in [4.69, 9.17) is 4.84 Å². The van der Waals surface area contributed by atoms with Crippen LogP contribution >= 0.6 is 0 Å². The van der Waals surface area contributed by atoms with Gasteiger partial charge in [-0.2, -0.15) is 5.06 Å². The molecule has 2 saturated heterocycles. The smallest absolute Gasteiger partial charge is 0.261 e. The Hall–Kier alpha value is -1.76. The average Bonchev–Trinajstić information content (AvgIpc) is 3.00. The summed E-state index contributed by atoms with van der Waals surface area (Å²) in [6.45, 7) is 2.15. The summed E-state index contributed by atoms with van der Waals surface area (Å²) in [5.41, 5.74) is 0.912. The van der Waals surface area contributed by atoms with E-state index in [1.807, 2.05) is 37.3 Å². The number of carbonyl (C=O) groups excluding carboxylic acids is 2. The van der Waals surface area contributed by atoms with Gasteiger partial charge in [0.15, 0.2) is 6.10 Å². The van der Waals surface area contributed by atoms with Gasteiger partial charge in [0, 0.05) is 7.05 Å². The summed E-state index contributed by atoms with van der Waals surface area (Å²) in [6, 6.07) is 9.16. The van der Waals surface area contributed by atoms with Gasteiger partial charge in [-0.15, -0.1) is 0 Å². The number of carbonyl (C=O) groups is 2. The first-order valence-electron chi connectivity index (χ1n) is 7.52. The molecule has 4 atom stereocenters. The van der Waals surface area contributed by atoms with Crippen LogP contribution in [-0.4, -0.2) is 52.7 Å². The van der Waals surface area contributed by atoms with E-state index >= 15 is 0 Å². The number of hydrogen-bond acceptors (Lipinski definition) is 5. The number of fused-ring (bicyclic) bond motifs is 1. The quantitative estimate of drug-likeness (QED) is 0.831. The van der Waals surface area contributed by atoms with Crippen LogP contribution in [0.1, 0.15) is 24.9 Å². The monoisotopic (exact) mass is 304 g/mol. The molecule has 2 heterocycles. The normalized spacial score (nSPS) is 30.0. The molecule has 0 radical (unpaired) electrons. The van der Waals surface area contributed by atoms with Crippen molar-refractivity contribution in [3.05, 3.63) is 35.9 Å². The van der Waals surface area contributed by atoms with Gasteiger partial charge in [-0.25, -0.2) is 0 Å². The topological polar surface area (TPSA) is 70.1 Å². The molecule has 2 aliphatic heterocycles. The Bertz CT molecular complexity index is 577. The van der Waals surface area contributed by atoms with Crippen LogP contribution in [0.4, 0.5) is 0 Å². The molecule has 22 heavy (non-hydrogen) atoms. The first-order chi connectivity index (χ1) is 10.5. The maximum atomic E-state index is 12.4. The fourth-order valence-electron chi connectivity index (χ4n) is 3.13. The minimum Gasteiger partial charge on any atom is -0.392 e. The summed E-state index contributed by atoms with van der Waals surface area (Å²) in [6.07, 6.45) is -0.766. The predicted octanol–water partition coefficient (Wildman–Crippen LogP) is 0.729. The van der Waals surface area contributed by atoms with Crippen LogP contribution in [-0.2, 0) is 14.4 Å². The molecule has 0 aromatic heterocycles. The van der Waals surface area contributed by atoms with Crippen molar-refractivity contribution in [3.63, 3.8) is 0 Å². The summed E-state index contributed by atoms with van der Waals surface area (Å²) in [5.74, 6) is -1.09. The number of likely N-dealkylation sites (tertiary alicyclic amines) is 1. The van der Waals surface area contributed by atoms with E-state index in [9.17, 15) is 14.7 Å². The first kappa shape index (κ1) is 15.1. The third-order valence-corrected chi connectivity index (χ3v) is 4.42. The zero-order valence-electron chi connectivity index (χ0n) is 12.7. The van der Waals surface area contributed by atoms with Gasteiger partial charge in [0.25, 0.3) is 5.91 Å². The van der Waals surface area contributed by atoms with E-state index in [0.717, 1.165) is 10.5 Å². The molecule has 2 amide bonds. The van der Waals surface area contributed by atoms with E-state index in [1.54, 1.807) is 5.06 Å². The van der Waals surface area contributed by atoms with Gasteiger partial charge < -0.3 is 5.11 Å². The standard InChI is InChI=1S/C16H20N2O4/c1-3-11(19)9-18-13(10-7-5-4-6-8-10)12-14(22-18)16(21)17(2)15(12)20/h4-8,11-14,19H,3,9H2,1-2H3/t11-,12+,13-,14-/m1/s1. The Labute approximate surface area is 129 Å². The summed E-state index contributed by atoms with van der Waals surface area (Å²) in [4.78, 5) is 31.5. The Balaban J connectivity index is 1.95. The SMILES string of the molecule is CC[C@@H](O)CN1O[C@H]2C(=O)N(C)C(=O)[C@H]2[C@H]1c1ccccc1. The molecule has 2 aliphatic rings. The lowest BCUT2D eigenvalue weighted by Crippen LogP contribution is -2.37. The number of likely N-dealkylation sites (N-methyl/N-ethyl adjacent to an activating group) is 1. The van der Waals surface area contributed by atoms with Crippen LogP contribution < -0.4 is 0 Å². The highest BCUT2D eigenvalue weighted by atomic mass is 16.7. The van der Waals surface area contributed by atoms with Gasteiger partial charge in [-0.3, -0.25) is 19.3 Å². The van der Waals surface area contributed by atoms with Crippen LogP contribution in [0, 0.1) is 5.92 Å². The van der Waals surface area contributed by atoms with Crippen LogP contribution in [0.25, 0.3) is 0 Å². The van der Waals surface area contributed by atoms with Gasteiger partial charge in [0.1, 0.15) is 0 Å². The maximum absolute atomic E-state index is 12.4. The summed E-state index contributed by atoms with van der Waals surface area (Å²) >= 11 is 0. The van der Waals surface area contributed by atoms with Gasteiger partial charge in [0.2, 0.25) is 5.91 Å². The van der Waals surface area contributed by atoms with Crippen molar-refractivity contribution < 1.29 is 19.5 Å². The lowest BCUT2D eigenvalue weighted by atomic mass is 9.91. The highest BCUT2D eigenvalue weighted by Crippen LogP contribution is 2.44. The molecular formula is C16H20N2O4. The number of aliphatic hydroxyl groups excluding tert-OH is 1. The number of hydrogen-bond donors (Lipinski definition) is 1. The maximum Gasteiger partial charge on any atom is 0.261 e. The summed E-state index contributed by atoms with van der Waals surface area (Å²) < 4.78 is 0. The molecule has 0 unspecified atom stereocenters. The van der Waals surface area contributed by atoms with Crippen molar-refractivity contribution >= 4 is 11.8 Å². The second-order valence-electron chi connectivity index (χ2n) is 5.80. The van der Waals surface area contributed by atoms with E-state index in [0.29, 0.717) is 6.42 Å². The second kappa shape index (κ2) is 5.79. The highest BCUT2D eigenvalue weighted by Gasteiger charge is 2.58. The largest absolute Gasteiger partial charge is 0.392 e. The molecule has 0 spiro atoms. The Morgan fingerprint density at radius 1 is 1.23 bits per heavy atom. The fourth-order valence-corrected chi connectivity index (χ4v) is 3.13. The molecule has 6 heteroatoms. The zero-order valence-corrected chi connectivity index (χ0v) is 12.7. The van der Waals surface area contributed by atoms with Gasteiger partial charge >= 0.3 is 0 Å². The predicted molar refractivity (Wildman–Crippen MR) is 78.3 cm³/mol. The molecule has 1 aromatic carbocycles. The van der Waals surface area contributed by atoms with Gasteiger partial charge in [0.05, 0.1) is 24.6 Å². The lowest BCUT2D eigenvalue weighted by molar-refractivity contribution is -0.187. The number of hydroxylamine groups is 2. The first-order valence-corrected chi connectivity index (χ1v) is 7.52. The molecule has 2 fully saturated rings. The van der Waals surface area contributed by atoms with Crippen molar-refractivity contribution in [2.24, 2.45) is 5.92 Å². The van der Waals surface area contributed by atoms with Crippen molar-refractivity contribution in [1.82, 2.24) is 9.96 Å². The van der Waals surface area contributed by atoms with E-state index in [1.165, 1.54) is 7.05 Å². The molecular weight excluding hydrogens is 284 g/mol. The van der Waals surface area contributed by atoms with Crippen LogP contribution in [0.15, 0.2) is 30.3 Å². The van der Waals surface area contributed by atoms with Crippen molar-refractivity contribution in [3.8, 4) is 0 Å². The number of imide groups is 1. The van der Waals surface area contributed by atoms with Crippen molar-refractivity contribution in [2.45, 2.75) is 31.6 Å². The molecule has 1 aromatic rings. The summed E-state index contributed by atoms with van der Waals surface area (Å²) in [5, 5.41) is 11.5. The number of rotatable bonds is 4. The zero-order chi connectivity index (χ0) is 15.9. The second-order valence-corrected chi connectivity index (χ2v) is 5.80. The summed E-state index contributed by atoms with van der Waals surface area (Å²) in [7, 11) is 1.49. The lowest BCUT2D eigenvalue weighted by Gasteiger charge is -2.27. The molecule has 3 rings (SSSR count). The third-order valence-electron chi connectivity index (χ3n) is 4.42. The molecule has 0 bridgehead atoms.